The molecule has 2 heterocycles. The molecule has 0 saturated carbocycles. The van der Waals surface area contributed by atoms with Gasteiger partial charge >= 0.3 is 5.69 Å². The molecule has 0 aliphatic heterocycles. The number of nitro groups is 1. The van der Waals surface area contributed by atoms with E-state index in [1.54, 1.807) is 12.4 Å². The third-order valence-electron chi connectivity index (χ3n) is 2.12. The Kier molecular flexibility index (Phi) is 2.76. The van der Waals surface area contributed by atoms with Crippen LogP contribution in [-0.4, -0.2) is 24.7 Å². The first-order valence-electron chi connectivity index (χ1n) is 4.69. The van der Waals surface area contributed by atoms with Gasteiger partial charge in [-0.15, -0.1) is 0 Å². The maximum atomic E-state index is 11.0. The van der Waals surface area contributed by atoms with Gasteiger partial charge in [0.25, 0.3) is 0 Å². The van der Waals surface area contributed by atoms with Gasteiger partial charge in [0.15, 0.2) is 0 Å². The molecule has 17 heavy (non-hydrogen) atoms. The monoisotopic (exact) mass is 253 g/mol. The SMILES string of the molecule is Cc1cnn(-c2nc(Cl)nc(C)c2[N+](=O)[O-])c1. The number of aryl methyl sites for hydroxylation is 2. The fourth-order valence-electron chi connectivity index (χ4n) is 1.42. The van der Waals surface area contributed by atoms with Gasteiger partial charge in [0.2, 0.25) is 11.1 Å². The standard InChI is InChI=1S/C9H8ClN5O2/c1-5-3-11-14(4-5)8-7(15(16)17)6(2)12-9(10)13-8/h3-4H,1-2H3. The highest BCUT2D eigenvalue weighted by Gasteiger charge is 2.23. The molecule has 2 aromatic rings. The molecule has 7 nitrogen and oxygen atoms in total. The summed E-state index contributed by atoms with van der Waals surface area (Å²) >= 11 is 5.70. The van der Waals surface area contributed by atoms with E-state index in [0.717, 1.165) is 5.56 Å². The molecule has 0 aliphatic carbocycles. The molecule has 0 fully saturated rings. The summed E-state index contributed by atoms with van der Waals surface area (Å²) in [7, 11) is 0. The molecule has 2 aromatic heterocycles. The molecule has 0 bridgehead atoms. The maximum absolute atomic E-state index is 11.0. The summed E-state index contributed by atoms with van der Waals surface area (Å²) in [6.07, 6.45) is 3.21. The minimum atomic E-state index is -0.544. The van der Waals surface area contributed by atoms with E-state index in [2.05, 4.69) is 15.1 Å². The van der Waals surface area contributed by atoms with Crippen molar-refractivity contribution in [2.45, 2.75) is 13.8 Å². The van der Waals surface area contributed by atoms with Crippen molar-refractivity contribution in [2.75, 3.05) is 0 Å². The summed E-state index contributed by atoms with van der Waals surface area (Å²) in [6, 6.07) is 0. The van der Waals surface area contributed by atoms with Crippen LogP contribution in [-0.2, 0) is 0 Å². The number of hydrogen-bond acceptors (Lipinski definition) is 5. The fraction of sp³-hybridized carbons (Fsp3) is 0.222. The van der Waals surface area contributed by atoms with Crippen LogP contribution in [0.3, 0.4) is 0 Å². The number of hydrogen-bond donors (Lipinski definition) is 0. The van der Waals surface area contributed by atoms with Crippen molar-refractivity contribution in [3.8, 4) is 5.82 Å². The van der Waals surface area contributed by atoms with E-state index < -0.39 is 4.92 Å². The summed E-state index contributed by atoms with van der Waals surface area (Å²) in [6.45, 7) is 3.33. The zero-order chi connectivity index (χ0) is 12.6. The average molecular weight is 254 g/mol. The predicted octanol–water partition coefficient (Wildman–Crippen LogP) is 1.84. The molecule has 0 aromatic carbocycles. The zero-order valence-electron chi connectivity index (χ0n) is 9.09. The summed E-state index contributed by atoms with van der Waals surface area (Å²) in [5, 5.41) is 14.9. The highest BCUT2D eigenvalue weighted by atomic mass is 35.5. The van der Waals surface area contributed by atoms with Crippen LogP contribution < -0.4 is 0 Å². The molecular formula is C9H8ClN5O2. The Labute approximate surface area is 101 Å². The number of aromatic nitrogens is 4. The van der Waals surface area contributed by atoms with Gasteiger partial charge < -0.3 is 0 Å². The lowest BCUT2D eigenvalue weighted by Crippen LogP contribution is -2.07. The summed E-state index contributed by atoms with van der Waals surface area (Å²) in [5.41, 5.74) is 0.877. The van der Waals surface area contributed by atoms with Crippen molar-refractivity contribution in [2.24, 2.45) is 0 Å². The highest BCUT2D eigenvalue weighted by molar-refractivity contribution is 6.28. The third-order valence-corrected chi connectivity index (χ3v) is 2.29. The van der Waals surface area contributed by atoms with E-state index in [-0.39, 0.29) is 22.5 Å². The molecule has 0 atom stereocenters. The van der Waals surface area contributed by atoms with E-state index in [4.69, 9.17) is 11.6 Å². The van der Waals surface area contributed by atoms with Gasteiger partial charge in [0.05, 0.1) is 11.1 Å². The van der Waals surface area contributed by atoms with Crippen LogP contribution in [0.4, 0.5) is 5.69 Å². The first-order chi connectivity index (χ1) is 7.99. The zero-order valence-corrected chi connectivity index (χ0v) is 9.84. The number of rotatable bonds is 2. The van der Waals surface area contributed by atoms with Crippen molar-refractivity contribution in [3.05, 3.63) is 39.0 Å². The average Bonchev–Trinajstić information content (AvgIpc) is 2.62. The molecule has 2 rings (SSSR count). The van der Waals surface area contributed by atoms with E-state index in [0.29, 0.717) is 0 Å². The van der Waals surface area contributed by atoms with Crippen LogP contribution in [0.25, 0.3) is 5.82 Å². The Bertz CT molecular complexity index is 595. The number of nitrogens with zero attached hydrogens (tertiary/aromatic N) is 5. The van der Waals surface area contributed by atoms with Crippen LogP contribution in [0.5, 0.6) is 0 Å². The van der Waals surface area contributed by atoms with E-state index in [1.807, 2.05) is 6.92 Å². The van der Waals surface area contributed by atoms with Crippen molar-refractivity contribution < 1.29 is 4.92 Å². The van der Waals surface area contributed by atoms with Gasteiger partial charge in [-0.05, 0) is 31.0 Å². The van der Waals surface area contributed by atoms with Crippen LogP contribution in [0.2, 0.25) is 5.28 Å². The summed E-state index contributed by atoms with van der Waals surface area (Å²) in [4.78, 5) is 18.0. The van der Waals surface area contributed by atoms with Crippen molar-refractivity contribution in [1.82, 2.24) is 19.7 Å². The molecule has 0 amide bonds. The molecule has 0 N–H and O–H groups in total. The largest absolute Gasteiger partial charge is 0.334 e. The Morgan fingerprint density at radius 2 is 2.12 bits per heavy atom. The van der Waals surface area contributed by atoms with E-state index in [1.165, 1.54) is 11.6 Å². The Hall–Kier alpha value is -2.02. The van der Waals surface area contributed by atoms with Gasteiger partial charge in [0, 0.05) is 6.20 Å². The normalized spacial score (nSPS) is 10.5. The van der Waals surface area contributed by atoms with Crippen LogP contribution >= 0.6 is 11.6 Å². The molecule has 0 saturated heterocycles. The number of halogens is 1. The van der Waals surface area contributed by atoms with Gasteiger partial charge in [-0.1, -0.05) is 0 Å². The quantitative estimate of drug-likeness (QED) is 0.463. The maximum Gasteiger partial charge on any atom is 0.334 e. The lowest BCUT2D eigenvalue weighted by atomic mass is 10.3. The minimum absolute atomic E-state index is 0.0451. The van der Waals surface area contributed by atoms with Crippen molar-refractivity contribution in [3.63, 3.8) is 0 Å². The molecule has 0 radical (unpaired) electrons. The lowest BCUT2D eigenvalue weighted by molar-refractivity contribution is -0.385. The van der Waals surface area contributed by atoms with Crippen LogP contribution in [0, 0.1) is 24.0 Å². The lowest BCUT2D eigenvalue weighted by Gasteiger charge is -2.04. The first kappa shape index (κ1) is 11.5. The summed E-state index contributed by atoms with van der Waals surface area (Å²) in [5.74, 6) is 0.0700. The second kappa shape index (κ2) is 4.10. The van der Waals surface area contributed by atoms with Gasteiger partial charge in [-0.2, -0.15) is 10.1 Å². The minimum Gasteiger partial charge on any atom is -0.258 e. The molecule has 88 valence electrons. The fourth-order valence-corrected chi connectivity index (χ4v) is 1.63. The van der Waals surface area contributed by atoms with Crippen LogP contribution in [0.1, 0.15) is 11.3 Å². The van der Waals surface area contributed by atoms with E-state index in [9.17, 15) is 10.1 Å². The Morgan fingerprint density at radius 1 is 1.41 bits per heavy atom. The topological polar surface area (TPSA) is 86.7 Å². The molecule has 0 aliphatic rings. The van der Waals surface area contributed by atoms with Crippen molar-refractivity contribution in [1.29, 1.82) is 0 Å². The van der Waals surface area contributed by atoms with Crippen LogP contribution in [0.15, 0.2) is 12.4 Å². The Balaban J connectivity index is 2.71. The van der Waals surface area contributed by atoms with E-state index >= 15 is 0 Å². The smallest absolute Gasteiger partial charge is 0.258 e. The molecular weight excluding hydrogens is 246 g/mol. The third kappa shape index (κ3) is 2.09. The first-order valence-corrected chi connectivity index (χ1v) is 5.07. The highest BCUT2D eigenvalue weighted by Crippen LogP contribution is 2.24. The second-order valence-electron chi connectivity index (χ2n) is 3.47. The molecule has 8 heteroatoms. The Morgan fingerprint density at radius 3 is 2.65 bits per heavy atom. The molecule has 0 unspecified atom stereocenters. The van der Waals surface area contributed by atoms with Gasteiger partial charge in [-0.3, -0.25) is 10.1 Å². The predicted molar refractivity (Wildman–Crippen MR) is 60.3 cm³/mol. The van der Waals surface area contributed by atoms with Gasteiger partial charge in [0.1, 0.15) is 5.69 Å². The van der Waals surface area contributed by atoms with Crippen molar-refractivity contribution >= 4 is 17.3 Å². The second-order valence-corrected chi connectivity index (χ2v) is 3.81. The summed E-state index contributed by atoms with van der Waals surface area (Å²) < 4.78 is 1.31. The molecule has 0 spiro atoms. The van der Waals surface area contributed by atoms with Gasteiger partial charge in [-0.25, -0.2) is 9.67 Å².